The molecule has 15 heavy (non-hydrogen) atoms. The van der Waals surface area contributed by atoms with Crippen LogP contribution in [0.4, 0.5) is 0 Å². The van der Waals surface area contributed by atoms with Gasteiger partial charge in [0.25, 0.3) is 0 Å². The van der Waals surface area contributed by atoms with Crippen LogP contribution < -0.4 is 5.32 Å². The van der Waals surface area contributed by atoms with Crippen molar-refractivity contribution in [2.24, 2.45) is 11.8 Å². The molecule has 0 aliphatic carbocycles. The second kappa shape index (κ2) is 6.46. The highest BCUT2D eigenvalue weighted by Crippen LogP contribution is 2.24. The van der Waals surface area contributed by atoms with Gasteiger partial charge in [-0.3, -0.25) is 0 Å². The summed E-state index contributed by atoms with van der Waals surface area (Å²) < 4.78 is 0. The highest BCUT2D eigenvalue weighted by atomic mass is 16.3. The van der Waals surface area contributed by atoms with Crippen LogP contribution in [0.25, 0.3) is 0 Å². The Morgan fingerprint density at radius 2 is 1.93 bits per heavy atom. The van der Waals surface area contributed by atoms with E-state index < -0.39 is 0 Å². The summed E-state index contributed by atoms with van der Waals surface area (Å²) in [6.45, 7) is 8.47. The maximum absolute atomic E-state index is 9.67. The number of likely N-dealkylation sites (N-methyl/N-ethyl adjacent to an activating group) is 1. The SMILES string of the molecule is CNCC(O)CN1CCC(C(C)C)CC1. The number of aliphatic hydroxyl groups excluding tert-OH is 1. The number of nitrogens with one attached hydrogen (secondary N) is 1. The fourth-order valence-corrected chi connectivity index (χ4v) is 2.40. The first-order valence-corrected chi connectivity index (χ1v) is 6.18. The van der Waals surface area contributed by atoms with Crippen molar-refractivity contribution in [2.75, 3.05) is 33.2 Å². The van der Waals surface area contributed by atoms with Gasteiger partial charge in [-0.1, -0.05) is 13.8 Å². The van der Waals surface area contributed by atoms with Crippen LogP contribution in [0.2, 0.25) is 0 Å². The van der Waals surface area contributed by atoms with Crippen molar-refractivity contribution in [3.8, 4) is 0 Å². The van der Waals surface area contributed by atoms with Crippen LogP contribution in [-0.4, -0.2) is 49.3 Å². The molecule has 2 N–H and O–H groups in total. The number of likely N-dealkylation sites (tertiary alicyclic amines) is 1. The summed E-state index contributed by atoms with van der Waals surface area (Å²) in [4.78, 5) is 2.39. The van der Waals surface area contributed by atoms with E-state index in [0.29, 0.717) is 6.54 Å². The average molecular weight is 214 g/mol. The fourth-order valence-electron chi connectivity index (χ4n) is 2.40. The molecule has 0 aromatic rings. The molecule has 1 saturated heterocycles. The number of hydrogen-bond acceptors (Lipinski definition) is 3. The van der Waals surface area contributed by atoms with Crippen LogP contribution in [0.15, 0.2) is 0 Å². The Bertz CT molecular complexity index is 165. The molecule has 1 aliphatic heterocycles. The molecular formula is C12H26N2O. The first-order chi connectivity index (χ1) is 7.13. The van der Waals surface area contributed by atoms with Gasteiger partial charge in [0.15, 0.2) is 0 Å². The van der Waals surface area contributed by atoms with E-state index in [1.54, 1.807) is 0 Å². The second-order valence-electron chi connectivity index (χ2n) is 5.09. The summed E-state index contributed by atoms with van der Waals surface area (Å²) >= 11 is 0. The van der Waals surface area contributed by atoms with E-state index in [9.17, 15) is 5.11 Å². The monoisotopic (exact) mass is 214 g/mol. The predicted octanol–water partition coefficient (Wildman–Crippen LogP) is 0.935. The number of rotatable bonds is 5. The summed E-state index contributed by atoms with van der Waals surface area (Å²) in [6.07, 6.45) is 2.37. The molecule has 0 saturated carbocycles. The molecule has 0 spiro atoms. The molecule has 0 radical (unpaired) electrons. The molecule has 0 aromatic heterocycles. The second-order valence-corrected chi connectivity index (χ2v) is 5.09. The smallest absolute Gasteiger partial charge is 0.0791 e. The normalized spacial score (nSPS) is 22.2. The van der Waals surface area contributed by atoms with Gasteiger partial charge in [-0.25, -0.2) is 0 Å². The largest absolute Gasteiger partial charge is 0.390 e. The minimum absolute atomic E-state index is 0.217. The molecule has 1 aliphatic rings. The fraction of sp³-hybridized carbons (Fsp3) is 1.00. The molecule has 3 nitrogen and oxygen atoms in total. The zero-order chi connectivity index (χ0) is 11.3. The van der Waals surface area contributed by atoms with Gasteiger partial charge < -0.3 is 15.3 Å². The molecule has 1 unspecified atom stereocenters. The molecule has 1 rings (SSSR count). The van der Waals surface area contributed by atoms with Crippen LogP contribution in [0.3, 0.4) is 0 Å². The van der Waals surface area contributed by atoms with E-state index in [4.69, 9.17) is 0 Å². The summed E-state index contributed by atoms with van der Waals surface area (Å²) in [5.74, 6) is 1.71. The lowest BCUT2D eigenvalue weighted by molar-refractivity contribution is 0.0826. The molecule has 0 aromatic carbocycles. The van der Waals surface area contributed by atoms with Gasteiger partial charge in [0.05, 0.1) is 6.10 Å². The number of aliphatic hydroxyl groups is 1. The van der Waals surface area contributed by atoms with Crippen LogP contribution >= 0.6 is 0 Å². The maximum atomic E-state index is 9.67. The van der Waals surface area contributed by atoms with Crippen molar-refractivity contribution < 1.29 is 5.11 Å². The summed E-state index contributed by atoms with van der Waals surface area (Å²) in [6, 6.07) is 0. The number of nitrogens with zero attached hydrogens (tertiary/aromatic N) is 1. The zero-order valence-corrected chi connectivity index (χ0v) is 10.4. The van der Waals surface area contributed by atoms with E-state index in [2.05, 4.69) is 24.1 Å². The molecule has 1 atom stereocenters. The van der Waals surface area contributed by atoms with Gasteiger partial charge in [0, 0.05) is 13.1 Å². The molecule has 1 heterocycles. The van der Waals surface area contributed by atoms with Crippen molar-refractivity contribution in [3.63, 3.8) is 0 Å². The Morgan fingerprint density at radius 3 is 2.40 bits per heavy atom. The van der Waals surface area contributed by atoms with Crippen LogP contribution in [0.1, 0.15) is 26.7 Å². The van der Waals surface area contributed by atoms with Crippen molar-refractivity contribution in [1.82, 2.24) is 10.2 Å². The van der Waals surface area contributed by atoms with E-state index in [-0.39, 0.29) is 6.10 Å². The lowest BCUT2D eigenvalue weighted by atomic mass is 9.86. The van der Waals surface area contributed by atoms with Crippen LogP contribution in [0.5, 0.6) is 0 Å². The lowest BCUT2D eigenvalue weighted by Gasteiger charge is -2.34. The topological polar surface area (TPSA) is 35.5 Å². The Labute approximate surface area is 93.9 Å². The molecule has 1 fully saturated rings. The quantitative estimate of drug-likeness (QED) is 0.715. The Morgan fingerprint density at radius 1 is 1.33 bits per heavy atom. The van der Waals surface area contributed by atoms with Gasteiger partial charge in [0.1, 0.15) is 0 Å². The number of piperidine rings is 1. The predicted molar refractivity (Wildman–Crippen MR) is 63.9 cm³/mol. The van der Waals surface area contributed by atoms with Crippen molar-refractivity contribution in [3.05, 3.63) is 0 Å². The van der Waals surface area contributed by atoms with Crippen molar-refractivity contribution in [2.45, 2.75) is 32.8 Å². The summed E-state index contributed by atoms with van der Waals surface area (Å²) in [7, 11) is 1.88. The lowest BCUT2D eigenvalue weighted by Crippen LogP contribution is -2.42. The average Bonchev–Trinajstić information content (AvgIpc) is 2.18. The first kappa shape index (κ1) is 12.9. The van der Waals surface area contributed by atoms with Crippen LogP contribution in [0, 0.1) is 11.8 Å². The Balaban J connectivity index is 2.19. The molecule has 0 bridgehead atoms. The van der Waals surface area contributed by atoms with Gasteiger partial charge in [0.2, 0.25) is 0 Å². The Kier molecular flexibility index (Phi) is 5.58. The Hall–Kier alpha value is -0.120. The highest BCUT2D eigenvalue weighted by molar-refractivity contribution is 4.76. The third-order valence-electron chi connectivity index (χ3n) is 3.48. The molecule has 0 amide bonds. The van der Waals surface area contributed by atoms with Crippen molar-refractivity contribution in [1.29, 1.82) is 0 Å². The third-order valence-corrected chi connectivity index (χ3v) is 3.48. The van der Waals surface area contributed by atoms with E-state index in [1.165, 1.54) is 12.8 Å². The van der Waals surface area contributed by atoms with Crippen molar-refractivity contribution >= 4 is 0 Å². The van der Waals surface area contributed by atoms with E-state index in [0.717, 1.165) is 31.5 Å². The number of hydrogen-bond donors (Lipinski definition) is 2. The minimum Gasteiger partial charge on any atom is -0.390 e. The molecule has 3 heteroatoms. The third kappa shape index (κ3) is 4.49. The number of β-amino-alcohol motifs (C(OH)–C–C–N with tert-alkyl or cyclic N) is 1. The minimum atomic E-state index is -0.217. The summed E-state index contributed by atoms with van der Waals surface area (Å²) in [5, 5.41) is 12.7. The standard InChI is InChI=1S/C12H26N2O/c1-10(2)11-4-6-14(7-5-11)9-12(15)8-13-3/h10-13,15H,4-9H2,1-3H3. The van der Waals surface area contributed by atoms with Gasteiger partial charge in [-0.05, 0) is 44.8 Å². The highest BCUT2D eigenvalue weighted by Gasteiger charge is 2.22. The summed E-state index contributed by atoms with van der Waals surface area (Å²) in [5.41, 5.74) is 0. The zero-order valence-electron chi connectivity index (χ0n) is 10.4. The molecule has 90 valence electrons. The van der Waals surface area contributed by atoms with E-state index >= 15 is 0 Å². The van der Waals surface area contributed by atoms with E-state index in [1.807, 2.05) is 7.05 Å². The van der Waals surface area contributed by atoms with Gasteiger partial charge in [-0.2, -0.15) is 0 Å². The van der Waals surface area contributed by atoms with Gasteiger partial charge >= 0.3 is 0 Å². The molecular weight excluding hydrogens is 188 g/mol. The maximum Gasteiger partial charge on any atom is 0.0791 e. The van der Waals surface area contributed by atoms with Crippen LogP contribution in [-0.2, 0) is 0 Å². The first-order valence-electron chi connectivity index (χ1n) is 6.18. The van der Waals surface area contributed by atoms with Gasteiger partial charge in [-0.15, -0.1) is 0 Å².